The standard InChI is InChI=1S/C14H21BrN2O/c15-14-4-1-3-13(11-14)12-17-6-2-5-16(7-8-17)9-10-18/h1,3-4,11,18H,2,5-10,12H2. The van der Waals surface area contributed by atoms with E-state index >= 15 is 0 Å². The van der Waals surface area contributed by atoms with Crippen molar-refractivity contribution in [3.8, 4) is 0 Å². The van der Waals surface area contributed by atoms with E-state index in [1.54, 1.807) is 0 Å². The van der Waals surface area contributed by atoms with Crippen molar-refractivity contribution in [3.05, 3.63) is 34.3 Å². The minimum Gasteiger partial charge on any atom is -0.395 e. The number of rotatable bonds is 4. The molecule has 1 aromatic rings. The molecule has 0 saturated carbocycles. The molecule has 0 bridgehead atoms. The van der Waals surface area contributed by atoms with Crippen LogP contribution in [0.3, 0.4) is 0 Å². The molecule has 1 aliphatic rings. The molecule has 18 heavy (non-hydrogen) atoms. The molecule has 2 rings (SSSR count). The van der Waals surface area contributed by atoms with E-state index < -0.39 is 0 Å². The second-order valence-corrected chi connectivity index (χ2v) is 5.74. The summed E-state index contributed by atoms with van der Waals surface area (Å²) in [6, 6.07) is 8.53. The molecule has 1 fully saturated rings. The smallest absolute Gasteiger partial charge is 0.0558 e. The summed E-state index contributed by atoms with van der Waals surface area (Å²) in [6.45, 7) is 6.51. The lowest BCUT2D eigenvalue weighted by molar-refractivity contribution is 0.196. The van der Waals surface area contributed by atoms with Crippen LogP contribution in [0.25, 0.3) is 0 Å². The summed E-state index contributed by atoms with van der Waals surface area (Å²) in [4.78, 5) is 4.85. The highest BCUT2D eigenvalue weighted by Gasteiger charge is 2.14. The number of hydrogen-bond donors (Lipinski definition) is 1. The Morgan fingerprint density at radius 3 is 2.67 bits per heavy atom. The molecule has 0 unspecified atom stereocenters. The van der Waals surface area contributed by atoms with Gasteiger partial charge in [-0.05, 0) is 37.2 Å². The summed E-state index contributed by atoms with van der Waals surface area (Å²) >= 11 is 3.52. The van der Waals surface area contributed by atoms with Gasteiger partial charge in [0.1, 0.15) is 0 Å². The summed E-state index contributed by atoms with van der Waals surface area (Å²) in [5.41, 5.74) is 1.36. The molecule has 0 atom stereocenters. The Labute approximate surface area is 118 Å². The summed E-state index contributed by atoms with van der Waals surface area (Å²) in [6.07, 6.45) is 1.19. The minimum absolute atomic E-state index is 0.269. The van der Waals surface area contributed by atoms with Crippen molar-refractivity contribution in [3.63, 3.8) is 0 Å². The fourth-order valence-corrected chi connectivity index (χ4v) is 2.89. The maximum absolute atomic E-state index is 8.98. The third-order valence-corrected chi connectivity index (χ3v) is 3.89. The number of benzene rings is 1. The van der Waals surface area contributed by atoms with E-state index in [0.29, 0.717) is 0 Å². The number of halogens is 1. The molecular weight excluding hydrogens is 292 g/mol. The lowest BCUT2D eigenvalue weighted by atomic mass is 10.2. The SMILES string of the molecule is OCCN1CCCN(Cc2cccc(Br)c2)CC1. The molecule has 100 valence electrons. The lowest BCUT2D eigenvalue weighted by Crippen LogP contribution is -2.32. The quantitative estimate of drug-likeness (QED) is 0.920. The number of hydrogen-bond acceptors (Lipinski definition) is 3. The van der Waals surface area contributed by atoms with Gasteiger partial charge in [-0.2, -0.15) is 0 Å². The molecule has 0 aliphatic carbocycles. The third kappa shape index (κ3) is 4.35. The Balaban J connectivity index is 1.87. The van der Waals surface area contributed by atoms with Crippen molar-refractivity contribution >= 4 is 15.9 Å². The van der Waals surface area contributed by atoms with Crippen LogP contribution in [0, 0.1) is 0 Å². The first-order chi connectivity index (χ1) is 8.78. The Kier molecular flexibility index (Phi) is 5.63. The topological polar surface area (TPSA) is 26.7 Å². The van der Waals surface area contributed by atoms with Crippen LogP contribution in [0.4, 0.5) is 0 Å². The first kappa shape index (κ1) is 14.0. The Morgan fingerprint density at radius 2 is 1.89 bits per heavy atom. The van der Waals surface area contributed by atoms with Crippen LogP contribution in [0.15, 0.2) is 28.7 Å². The molecule has 1 saturated heterocycles. The van der Waals surface area contributed by atoms with Crippen molar-refractivity contribution in [1.82, 2.24) is 9.80 Å². The highest BCUT2D eigenvalue weighted by atomic mass is 79.9. The Hall–Kier alpha value is -0.420. The predicted octanol–water partition coefficient (Wildman–Crippen LogP) is 1.95. The maximum Gasteiger partial charge on any atom is 0.0558 e. The van der Waals surface area contributed by atoms with Crippen molar-refractivity contribution in [2.45, 2.75) is 13.0 Å². The normalized spacial score (nSPS) is 18.8. The van der Waals surface area contributed by atoms with E-state index in [2.05, 4.69) is 50.0 Å². The molecule has 0 radical (unpaired) electrons. The van der Waals surface area contributed by atoms with Gasteiger partial charge < -0.3 is 5.11 Å². The van der Waals surface area contributed by atoms with Gasteiger partial charge in [0.05, 0.1) is 6.61 Å². The Bertz CT molecular complexity index is 373. The molecule has 4 heteroatoms. The summed E-state index contributed by atoms with van der Waals surface area (Å²) in [7, 11) is 0. The third-order valence-electron chi connectivity index (χ3n) is 3.39. The van der Waals surface area contributed by atoms with E-state index in [9.17, 15) is 0 Å². The molecule has 1 N–H and O–H groups in total. The van der Waals surface area contributed by atoms with Gasteiger partial charge in [-0.1, -0.05) is 28.1 Å². The first-order valence-corrected chi connectivity index (χ1v) is 7.37. The zero-order valence-electron chi connectivity index (χ0n) is 10.7. The molecule has 1 aliphatic heterocycles. The summed E-state index contributed by atoms with van der Waals surface area (Å²) in [5.74, 6) is 0. The van der Waals surface area contributed by atoms with Crippen LogP contribution in [0.2, 0.25) is 0 Å². The van der Waals surface area contributed by atoms with Crippen LogP contribution in [-0.4, -0.2) is 54.2 Å². The van der Waals surface area contributed by atoms with E-state index in [1.165, 1.54) is 12.0 Å². The average Bonchev–Trinajstić information content (AvgIpc) is 2.56. The van der Waals surface area contributed by atoms with Crippen LogP contribution >= 0.6 is 15.9 Å². The summed E-state index contributed by atoms with van der Waals surface area (Å²) < 4.78 is 1.15. The van der Waals surface area contributed by atoms with Gasteiger partial charge >= 0.3 is 0 Å². The van der Waals surface area contributed by atoms with Gasteiger partial charge in [-0.3, -0.25) is 9.80 Å². The van der Waals surface area contributed by atoms with E-state index in [0.717, 1.165) is 43.7 Å². The van der Waals surface area contributed by atoms with Crippen LogP contribution in [-0.2, 0) is 6.54 Å². The predicted molar refractivity (Wildman–Crippen MR) is 77.6 cm³/mol. The van der Waals surface area contributed by atoms with E-state index in [-0.39, 0.29) is 6.61 Å². The second kappa shape index (κ2) is 7.24. The average molecular weight is 313 g/mol. The van der Waals surface area contributed by atoms with E-state index in [1.807, 2.05) is 0 Å². The number of aliphatic hydroxyl groups is 1. The van der Waals surface area contributed by atoms with Gasteiger partial charge in [0.2, 0.25) is 0 Å². The lowest BCUT2D eigenvalue weighted by Gasteiger charge is -2.21. The van der Waals surface area contributed by atoms with Gasteiger partial charge in [-0.25, -0.2) is 0 Å². The molecular formula is C14H21BrN2O. The van der Waals surface area contributed by atoms with Gasteiger partial charge in [0.15, 0.2) is 0 Å². The largest absolute Gasteiger partial charge is 0.395 e. The zero-order chi connectivity index (χ0) is 12.8. The minimum atomic E-state index is 0.269. The van der Waals surface area contributed by atoms with Gasteiger partial charge in [-0.15, -0.1) is 0 Å². The zero-order valence-corrected chi connectivity index (χ0v) is 12.3. The van der Waals surface area contributed by atoms with Crippen LogP contribution < -0.4 is 0 Å². The van der Waals surface area contributed by atoms with Crippen LogP contribution in [0.1, 0.15) is 12.0 Å². The van der Waals surface area contributed by atoms with Gasteiger partial charge in [0.25, 0.3) is 0 Å². The second-order valence-electron chi connectivity index (χ2n) is 4.82. The first-order valence-electron chi connectivity index (χ1n) is 6.58. The maximum atomic E-state index is 8.98. The van der Waals surface area contributed by atoms with Crippen molar-refractivity contribution in [2.75, 3.05) is 39.3 Å². The Morgan fingerprint density at radius 1 is 1.11 bits per heavy atom. The van der Waals surface area contributed by atoms with Crippen molar-refractivity contribution in [2.24, 2.45) is 0 Å². The number of aliphatic hydroxyl groups excluding tert-OH is 1. The molecule has 0 amide bonds. The van der Waals surface area contributed by atoms with E-state index in [4.69, 9.17) is 5.11 Å². The highest BCUT2D eigenvalue weighted by molar-refractivity contribution is 9.10. The summed E-state index contributed by atoms with van der Waals surface area (Å²) in [5, 5.41) is 8.98. The number of β-amino-alcohol motifs (C(OH)–C–C–N with tert-alkyl or cyclic N) is 1. The molecule has 0 spiro atoms. The monoisotopic (exact) mass is 312 g/mol. The number of nitrogens with zero attached hydrogens (tertiary/aromatic N) is 2. The highest BCUT2D eigenvalue weighted by Crippen LogP contribution is 2.14. The molecule has 0 aromatic heterocycles. The fourth-order valence-electron chi connectivity index (χ4n) is 2.44. The van der Waals surface area contributed by atoms with Crippen LogP contribution in [0.5, 0.6) is 0 Å². The van der Waals surface area contributed by atoms with Crippen molar-refractivity contribution < 1.29 is 5.11 Å². The van der Waals surface area contributed by atoms with Gasteiger partial charge in [0, 0.05) is 30.7 Å². The molecule has 1 heterocycles. The molecule has 1 aromatic carbocycles. The molecule has 3 nitrogen and oxygen atoms in total. The van der Waals surface area contributed by atoms with Crippen molar-refractivity contribution in [1.29, 1.82) is 0 Å². The fraction of sp³-hybridized carbons (Fsp3) is 0.571.